The molecule has 1 aliphatic heterocycles. The summed E-state index contributed by atoms with van der Waals surface area (Å²) in [6.45, 7) is 9.67. The van der Waals surface area contributed by atoms with Crippen molar-refractivity contribution in [1.82, 2.24) is 20.4 Å². The molecule has 1 saturated heterocycles. The lowest BCUT2D eigenvalue weighted by molar-refractivity contribution is -0.152. The van der Waals surface area contributed by atoms with Crippen molar-refractivity contribution in [3.63, 3.8) is 0 Å². The number of nitrogens with one attached hydrogen (secondary N) is 2. The topological polar surface area (TPSA) is 209 Å². The second-order valence-electron chi connectivity index (χ2n) is 15.0. The molecule has 278 valence electrons. The van der Waals surface area contributed by atoms with Crippen LogP contribution in [0, 0.1) is 5.92 Å². The summed E-state index contributed by atoms with van der Waals surface area (Å²) in [6.07, 6.45) is 5.21. The highest BCUT2D eigenvalue weighted by Gasteiger charge is 2.43. The van der Waals surface area contributed by atoms with Gasteiger partial charge in [0.05, 0.1) is 6.04 Å². The van der Waals surface area contributed by atoms with Crippen LogP contribution in [0.15, 0.2) is 0 Å². The Hall–Kier alpha value is -3.91. The number of rotatable bonds is 15. The van der Waals surface area contributed by atoms with Crippen molar-refractivity contribution in [3.8, 4) is 0 Å². The molecule has 1 heterocycles. The lowest BCUT2D eigenvalue weighted by atomic mass is 9.84. The highest BCUT2D eigenvalue weighted by molar-refractivity contribution is 6.35. The van der Waals surface area contributed by atoms with Crippen LogP contribution in [0.2, 0.25) is 0 Å². The van der Waals surface area contributed by atoms with E-state index in [0.717, 1.165) is 37.0 Å². The van der Waals surface area contributed by atoms with Gasteiger partial charge in [0.25, 0.3) is 5.78 Å². The Bertz CT molecular complexity index is 1190. The van der Waals surface area contributed by atoms with E-state index >= 15 is 0 Å². The van der Waals surface area contributed by atoms with Crippen LogP contribution < -0.4 is 10.6 Å². The maximum atomic E-state index is 14.4. The molecule has 2 aliphatic rings. The Labute approximate surface area is 288 Å². The zero-order valence-electron chi connectivity index (χ0n) is 29.9. The normalized spacial score (nSPS) is 18.4. The minimum atomic E-state index is -1.72. The fourth-order valence-electron chi connectivity index (χ4n) is 6.19. The smallest absolute Gasteiger partial charge is 0.411 e. The first-order valence-electron chi connectivity index (χ1n) is 17.3. The van der Waals surface area contributed by atoms with Crippen LogP contribution in [0.3, 0.4) is 0 Å². The van der Waals surface area contributed by atoms with E-state index < -0.39 is 77.6 Å². The molecule has 0 aromatic carbocycles. The largest absolute Gasteiger partial charge is 0.480 e. The summed E-state index contributed by atoms with van der Waals surface area (Å²) in [5.74, 6) is -5.50. The van der Waals surface area contributed by atoms with E-state index in [1.54, 1.807) is 41.5 Å². The minimum Gasteiger partial charge on any atom is -0.480 e. The molecule has 0 spiro atoms. The number of ether oxygens (including phenoxy) is 2. The Morgan fingerprint density at radius 3 is 2.02 bits per heavy atom. The van der Waals surface area contributed by atoms with Gasteiger partial charge in [0, 0.05) is 13.1 Å². The van der Waals surface area contributed by atoms with Crippen LogP contribution in [0.25, 0.3) is 0 Å². The van der Waals surface area contributed by atoms with Crippen molar-refractivity contribution in [2.24, 2.45) is 5.92 Å². The molecule has 4 N–H and O–H groups in total. The summed E-state index contributed by atoms with van der Waals surface area (Å²) in [5.41, 5.74) is -1.64. The van der Waals surface area contributed by atoms with Gasteiger partial charge in [-0.3, -0.25) is 24.1 Å². The third-order valence-corrected chi connectivity index (χ3v) is 8.40. The van der Waals surface area contributed by atoms with Crippen molar-refractivity contribution < 1.29 is 53.2 Å². The van der Waals surface area contributed by atoms with E-state index in [4.69, 9.17) is 9.47 Å². The molecule has 0 aromatic rings. The van der Waals surface area contributed by atoms with Gasteiger partial charge in [-0.25, -0.2) is 14.4 Å². The summed E-state index contributed by atoms with van der Waals surface area (Å²) in [4.78, 5) is 91.9. The number of hydrogen-bond acceptors (Lipinski definition) is 9. The summed E-state index contributed by atoms with van der Waals surface area (Å²) in [7, 11) is 0. The molecule has 0 radical (unpaired) electrons. The molecule has 49 heavy (non-hydrogen) atoms. The van der Waals surface area contributed by atoms with E-state index in [0.29, 0.717) is 19.3 Å². The molecule has 0 unspecified atom stereocenters. The number of carbonyl (C=O) groups is 7. The lowest BCUT2D eigenvalue weighted by Crippen LogP contribution is -2.60. The standard InChI is InChI=1S/C34H56N4O11/c1-33(2,3)48-31(46)35-18-12-10-16-23(27(41)30(44)45)36-28(42)24-17-11-13-19-37(24)29(43)25(20-22-14-8-7-9-15-22)38(21-26(39)40)32(47)49-34(4,5)6/h22-25H,7-21H2,1-6H3,(H,35,46)(H,36,42)(H,39,40)(H,44,45)/t23-,24-,25+/m0/s1. The molecule has 1 aliphatic carbocycles. The lowest BCUT2D eigenvalue weighted by Gasteiger charge is -2.41. The molecule has 4 amide bonds. The first kappa shape index (κ1) is 41.3. The van der Waals surface area contributed by atoms with E-state index in [2.05, 4.69) is 10.6 Å². The SMILES string of the molecule is CC(C)(C)OC(=O)NCCCC[C@H](NC(=O)[C@@H]1CCCCN1C(=O)[C@@H](CC1CCCCC1)N(CC(=O)O)C(=O)OC(C)(C)C)C(=O)C(=O)O. The monoisotopic (exact) mass is 696 g/mol. The third-order valence-electron chi connectivity index (χ3n) is 8.40. The number of nitrogens with zero attached hydrogens (tertiary/aromatic N) is 2. The molecule has 1 saturated carbocycles. The maximum absolute atomic E-state index is 14.4. The number of carboxylic acid groups (broad SMARTS) is 2. The predicted octanol–water partition coefficient (Wildman–Crippen LogP) is 3.86. The number of amides is 4. The van der Waals surface area contributed by atoms with Gasteiger partial charge in [0.15, 0.2) is 0 Å². The van der Waals surface area contributed by atoms with E-state index in [1.807, 2.05) is 0 Å². The Morgan fingerprint density at radius 1 is 0.837 bits per heavy atom. The van der Waals surface area contributed by atoms with Crippen LogP contribution in [0.4, 0.5) is 9.59 Å². The zero-order valence-corrected chi connectivity index (χ0v) is 29.9. The van der Waals surface area contributed by atoms with Gasteiger partial charge < -0.3 is 35.2 Å². The number of Topliss-reactive ketones (excluding diaryl/α,β-unsaturated/α-hetero) is 1. The maximum Gasteiger partial charge on any atom is 0.411 e. The van der Waals surface area contributed by atoms with Crippen molar-refractivity contribution >= 4 is 41.7 Å². The van der Waals surface area contributed by atoms with Gasteiger partial charge in [0.1, 0.15) is 29.8 Å². The van der Waals surface area contributed by atoms with Crippen molar-refractivity contribution in [1.29, 1.82) is 0 Å². The zero-order chi connectivity index (χ0) is 36.9. The second kappa shape index (κ2) is 18.7. The molecule has 0 bridgehead atoms. The minimum absolute atomic E-state index is 0.0249. The van der Waals surface area contributed by atoms with Crippen LogP contribution in [-0.2, 0) is 33.4 Å². The molecule has 15 heteroatoms. The van der Waals surface area contributed by atoms with Crippen molar-refractivity contribution in [2.75, 3.05) is 19.6 Å². The quantitative estimate of drug-likeness (QED) is 0.143. The van der Waals surface area contributed by atoms with Gasteiger partial charge in [-0.1, -0.05) is 32.1 Å². The summed E-state index contributed by atoms with van der Waals surface area (Å²) < 4.78 is 10.7. The molecule has 3 atom stereocenters. The van der Waals surface area contributed by atoms with Crippen LogP contribution in [0.5, 0.6) is 0 Å². The van der Waals surface area contributed by atoms with E-state index in [1.165, 1.54) is 4.90 Å². The number of hydrogen-bond donors (Lipinski definition) is 4. The van der Waals surface area contributed by atoms with Crippen LogP contribution in [0.1, 0.15) is 119 Å². The predicted molar refractivity (Wildman–Crippen MR) is 178 cm³/mol. The number of alkyl carbamates (subject to hydrolysis) is 1. The Kier molecular flexibility index (Phi) is 15.8. The second-order valence-corrected chi connectivity index (χ2v) is 15.0. The summed E-state index contributed by atoms with van der Waals surface area (Å²) >= 11 is 0. The number of aliphatic carboxylic acids is 2. The van der Waals surface area contributed by atoms with Gasteiger partial charge >= 0.3 is 24.1 Å². The number of likely N-dealkylation sites (tertiary alicyclic amines) is 1. The fourth-order valence-corrected chi connectivity index (χ4v) is 6.19. The molecular weight excluding hydrogens is 640 g/mol. The van der Waals surface area contributed by atoms with Crippen molar-refractivity contribution in [2.45, 2.75) is 148 Å². The van der Waals surface area contributed by atoms with Gasteiger partial charge in [0.2, 0.25) is 11.8 Å². The number of carbonyl (C=O) groups excluding carboxylic acids is 5. The van der Waals surface area contributed by atoms with Gasteiger partial charge in [-0.15, -0.1) is 0 Å². The Morgan fingerprint density at radius 2 is 1.45 bits per heavy atom. The van der Waals surface area contributed by atoms with E-state index in [-0.39, 0.29) is 44.7 Å². The Balaban J connectivity index is 2.27. The number of ketones is 1. The van der Waals surface area contributed by atoms with Crippen LogP contribution >= 0.6 is 0 Å². The van der Waals surface area contributed by atoms with Gasteiger partial charge in [-0.2, -0.15) is 0 Å². The third kappa shape index (κ3) is 14.6. The number of piperidine rings is 1. The first-order valence-corrected chi connectivity index (χ1v) is 17.3. The average Bonchev–Trinajstić information content (AvgIpc) is 2.99. The molecule has 2 fully saturated rings. The summed E-state index contributed by atoms with van der Waals surface area (Å²) in [5, 5.41) is 24.3. The number of unbranched alkanes of at least 4 members (excludes halogenated alkanes) is 1. The summed E-state index contributed by atoms with van der Waals surface area (Å²) in [6, 6.07) is -3.66. The fraction of sp³-hybridized carbons (Fsp3) is 0.794. The molecule has 2 rings (SSSR count). The first-order chi connectivity index (χ1) is 22.8. The van der Waals surface area contributed by atoms with E-state index in [9.17, 15) is 43.8 Å². The highest BCUT2D eigenvalue weighted by Crippen LogP contribution is 2.31. The highest BCUT2D eigenvalue weighted by atomic mass is 16.6. The van der Waals surface area contributed by atoms with Gasteiger partial charge in [-0.05, 0) is 92.4 Å². The van der Waals surface area contributed by atoms with Crippen LogP contribution in [-0.4, -0.2) is 111 Å². The molecule has 0 aromatic heterocycles. The molecule has 15 nitrogen and oxygen atoms in total. The molecular formula is C34H56N4O11. The average molecular weight is 697 g/mol. The van der Waals surface area contributed by atoms with Crippen molar-refractivity contribution in [3.05, 3.63) is 0 Å². The number of carboxylic acids is 2.